The van der Waals surface area contributed by atoms with Gasteiger partial charge in [0.2, 0.25) is 5.95 Å². The van der Waals surface area contributed by atoms with Crippen molar-refractivity contribution in [3.8, 4) is 0 Å². The van der Waals surface area contributed by atoms with E-state index in [0.717, 1.165) is 25.0 Å². The highest BCUT2D eigenvalue weighted by Gasteiger charge is 2.29. The van der Waals surface area contributed by atoms with Crippen LogP contribution < -0.4 is 4.90 Å². The molecule has 1 N–H and O–H groups in total. The molecule has 98 valence electrons. The van der Waals surface area contributed by atoms with Crippen LogP contribution in [0.3, 0.4) is 0 Å². The zero-order valence-corrected chi connectivity index (χ0v) is 11.4. The number of aromatic nitrogens is 2. The van der Waals surface area contributed by atoms with Crippen LogP contribution in [0.15, 0.2) is 18.8 Å². The summed E-state index contributed by atoms with van der Waals surface area (Å²) in [5.41, 5.74) is 0.828. The van der Waals surface area contributed by atoms with Gasteiger partial charge in [-0.05, 0) is 31.4 Å². The van der Waals surface area contributed by atoms with Gasteiger partial charge in [-0.25, -0.2) is 9.97 Å². The molecule has 0 bridgehead atoms. The van der Waals surface area contributed by atoms with Crippen molar-refractivity contribution in [2.45, 2.75) is 31.4 Å². The van der Waals surface area contributed by atoms with Crippen LogP contribution >= 0.6 is 9.03 Å². The van der Waals surface area contributed by atoms with E-state index in [9.17, 15) is 0 Å². The van der Waals surface area contributed by atoms with Crippen LogP contribution in [0.5, 0.6) is 0 Å². The molecular formula is C12H18N3O2P. The molecule has 0 radical (unpaired) electrons. The van der Waals surface area contributed by atoms with Gasteiger partial charge in [0, 0.05) is 19.3 Å². The molecule has 6 heteroatoms. The lowest BCUT2D eigenvalue weighted by atomic mass is 10.2. The quantitative estimate of drug-likeness (QED) is 0.827. The summed E-state index contributed by atoms with van der Waals surface area (Å²) in [6.45, 7) is 3.71. The maximum atomic E-state index is 8.79. The monoisotopic (exact) mass is 267 g/mol. The van der Waals surface area contributed by atoms with Crippen molar-refractivity contribution in [3.63, 3.8) is 0 Å². The Morgan fingerprint density at radius 2 is 2.44 bits per heavy atom. The number of rotatable bonds is 5. The normalized spacial score (nSPS) is 23.7. The highest BCUT2D eigenvalue weighted by molar-refractivity contribution is 7.25. The van der Waals surface area contributed by atoms with Gasteiger partial charge in [0.05, 0.1) is 11.8 Å². The first-order chi connectivity index (χ1) is 8.74. The van der Waals surface area contributed by atoms with Gasteiger partial charge in [0.25, 0.3) is 0 Å². The lowest BCUT2D eigenvalue weighted by Gasteiger charge is -2.24. The molecule has 0 amide bonds. The predicted molar refractivity (Wildman–Crippen MR) is 73.6 cm³/mol. The molecule has 1 aliphatic carbocycles. The fraction of sp³-hybridized carbons (Fsp3) is 0.500. The molecule has 1 fully saturated rings. The highest BCUT2D eigenvalue weighted by atomic mass is 31.1. The maximum Gasteiger partial charge on any atom is 0.225 e. The van der Waals surface area contributed by atoms with Crippen LogP contribution in [0.25, 0.3) is 6.08 Å². The van der Waals surface area contributed by atoms with Crippen LogP contribution in [0.4, 0.5) is 5.95 Å². The van der Waals surface area contributed by atoms with Crippen LogP contribution in [-0.4, -0.2) is 34.1 Å². The van der Waals surface area contributed by atoms with Gasteiger partial charge in [-0.15, -0.1) is 0 Å². The van der Waals surface area contributed by atoms with Gasteiger partial charge < -0.3 is 14.3 Å². The van der Waals surface area contributed by atoms with Crippen molar-refractivity contribution in [3.05, 3.63) is 24.5 Å². The summed E-state index contributed by atoms with van der Waals surface area (Å²) in [6, 6.07) is 2.20. The van der Waals surface area contributed by atoms with E-state index in [2.05, 4.69) is 21.4 Å². The molecule has 1 saturated carbocycles. The van der Waals surface area contributed by atoms with Crippen LogP contribution in [-0.2, 0) is 4.52 Å². The Morgan fingerprint density at radius 3 is 3.17 bits per heavy atom. The van der Waals surface area contributed by atoms with E-state index >= 15 is 0 Å². The van der Waals surface area contributed by atoms with Crippen LogP contribution in [0, 0.1) is 0 Å². The number of hydrogen-bond donors (Lipinski definition) is 1. The maximum absolute atomic E-state index is 8.79. The third-order valence-corrected chi connectivity index (χ3v) is 3.75. The Hall–Kier alpha value is -1.03. The van der Waals surface area contributed by atoms with Crippen molar-refractivity contribution < 1.29 is 9.42 Å². The smallest absolute Gasteiger partial charge is 0.225 e. The molecule has 0 spiro atoms. The van der Waals surface area contributed by atoms with Crippen molar-refractivity contribution in [1.82, 2.24) is 9.97 Å². The lowest BCUT2D eigenvalue weighted by molar-refractivity contribution is 0.219. The van der Waals surface area contributed by atoms with Crippen molar-refractivity contribution in [2.75, 3.05) is 11.9 Å². The summed E-state index contributed by atoms with van der Waals surface area (Å²) < 4.78 is 5.26. The molecule has 1 aliphatic rings. The Labute approximate surface area is 109 Å². The fourth-order valence-electron chi connectivity index (χ4n) is 2.26. The number of anilines is 1. The Bertz CT molecular complexity index is 416. The van der Waals surface area contributed by atoms with Gasteiger partial charge in [-0.1, -0.05) is 6.58 Å². The molecule has 1 heterocycles. The number of hydrogen-bond acceptors (Lipinski definition) is 5. The van der Waals surface area contributed by atoms with Crippen molar-refractivity contribution >= 4 is 21.1 Å². The standard InChI is InChI=1S/C12H18N3O2P/c1-3-9-6-7-13-12(14-9)15(2)10-4-5-11(8-10)17-18-16/h3,6-7,10-11,16,18H,1,4-5,8H2,2H3. The average Bonchev–Trinajstić information content (AvgIpc) is 2.87. The average molecular weight is 267 g/mol. The summed E-state index contributed by atoms with van der Waals surface area (Å²) >= 11 is 0. The van der Waals surface area contributed by atoms with Crippen LogP contribution in [0.2, 0.25) is 0 Å². The third-order valence-electron chi connectivity index (χ3n) is 3.31. The summed E-state index contributed by atoms with van der Waals surface area (Å²) in [6.07, 6.45) is 6.53. The largest absolute Gasteiger partial charge is 0.352 e. The molecule has 18 heavy (non-hydrogen) atoms. The Kier molecular flexibility index (Phi) is 4.64. The third kappa shape index (κ3) is 3.05. The summed E-state index contributed by atoms with van der Waals surface area (Å²) in [7, 11) is 1.57. The number of nitrogens with zero attached hydrogens (tertiary/aromatic N) is 3. The predicted octanol–water partition coefficient (Wildman–Crippen LogP) is 1.99. The first-order valence-electron chi connectivity index (χ1n) is 5.97. The molecule has 1 aromatic rings. The zero-order valence-electron chi connectivity index (χ0n) is 10.4. The van der Waals surface area contributed by atoms with E-state index in [1.165, 1.54) is 0 Å². The second-order valence-electron chi connectivity index (χ2n) is 4.39. The van der Waals surface area contributed by atoms with E-state index in [4.69, 9.17) is 9.42 Å². The second-order valence-corrected chi connectivity index (χ2v) is 4.81. The minimum Gasteiger partial charge on any atom is -0.352 e. The molecule has 0 aromatic carbocycles. The van der Waals surface area contributed by atoms with E-state index < -0.39 is 9.03 Å². The molecular weight excluding hydrogens is 249 g/mol. The van der Waals surface area contributed by atoms with Gasteiger partial charge in [0.1, 0.15) is 0 Å². The molecule has 5 nitrogen and oxygen atoms in total. The highest BCUT2D eigenvalue weighted by Crippen LogP contribution is 2.30. The first kappa shape index (κ1) is 13.4. The van der Waals surface area contributed by atoms with Gasteiger partial charge in [0.15, 0.2) is 9.03 Å². The first-order valence-corrected chi connectivity index (χ1v) is 6.83. The van der Waals surface area contributed by atoms with E-state index in [0.29, 0.717) is 12.0 Å². The molecule has 0 saturated heterocycles. The minimum absolute atomic E-state index is 0.156. The molecule has 0 aliphatic heterocycles. The van der Waals surface area contributed by atoms with E-state index in [-0.39, 0.29) is 6.10 Å². The van der Waals surface area contributed by atoms with Gasteiger partial charge in [-0.3, -0.25) is 0 Å². The summed E-state index contributed by atoms with van der Waals surface area (Å²) in [5, 5.41) is 0. The van der Waals surface area contributed by atoms with Gasteiger partial charge >= 0.3 is 0 Å². The van der Waals surface area contributed by atoms with Gasteiger partial charge in [-0.2, -0.15) is 0 Å². The summed E-state index contributed by atoms with van der Waals surface area (Å²) in [4.78, 5) is 19.6. The van der Waals surface area contributed by atoms with Crippen molar-refractivity contribution in [1.29, 1.82) is 0 Å². The Balaban J connectivity index is 2.02. The zero-order chi connectivity index (χ0) is 13.0. The Morgan fingerprint density at radius 1 is 1.61 bits per heavy atom. The summed E-state index contributed by atoms with van der Waals surface area (Å²) in [5.74, 6) is 0.712. The second kappa shape index (κ2) is 6.23. The molecule has 2 rings (SSSR count). The van der Waals surface area contributed by atoms with E-state index in [1.54, 1.807) is 12.3 Å². The van der Waals surface area contributed by atoms with Crippen molar-refractivity contribution in [2.24, 2.45) is 0 Å². The molecule has 3 unspecified atom stereocenters. The van der Waals surface area contributed by atoms with E-state index in [1.807, 2.05) is 13.1 Å². The fourth-order valence-corrected chi connectivity index (χ4v) is 2.62. The SMILES string of the molecule is C=Cc1ccnc(N(C)C2CCC(OPO)C2)n1. The molecule has 1 aromatic heterocycles. The van der Waals surface area contributed by atoms with Crippen LogP contribution in [0.1, 0.15) is 25.0 Å². The topological polar surface area (TPSA) is 58.5 Å². The lowest BCUT2D eigenvalue weighted by Crippen LogP contribution is -2.31. The molecule has 3 atom stereocenters. The minimum atomic E-state index is -0.424.